The van der Waals surface area contributed by atoms with Crippen molar-refractivity contribution < 1.29 is 4.74 Å². The molecule has 0 aromatic carbocycles. The first-order chi connectivity index (χ1) is 9.17. The van der Waals surface area contributed by atoms with Gasteiger partial charge in [0.15, 0.2) is 0 Å². The lowest BCUT2D eigenvalue weighted by Gasteiger charge is -2.36. The lowest BCUT2D eigenvalue weighted by molar-refractivity contribution is 0.170. The number of methoxy groups -OCH3 is 1. The van der Waals surface area contributed by atoms with E-state index in [0.717, 1.165) is 23.1 Å². The molecule has 106 valence electrons. The van der Waals surface area contributed by atoms with Gasteiger partial charge in [0, 0.05) is 11.8 Å². The third kappa shape index (κ3) is 3.07. The van der Waals surface area contributed by atoms with Crippen LogP contribution in [0, 0.1) is 17.8 Å². The summed E-state index contributed by atoms with van der Waals surface area (Å²) in [6.45, 7) is 4.69. The van der Waals surface area contributed by atoms with Crippen LogP contribution in [0.5, 0.6) is 5.75 Å². The molecule has 1 aliphatic carbocycles. The second-order valence-electron chi connectivity index (χ2n) is 5.79. The molecule has 19 heavy (non-hydrogen) atoms. The zero-order chi connectivity index (χ0) is 13.8. The smallest absolute Gasteiger partial charge is 0.141 e. The van der Waals surface area contributed by atoms with Crippen molar-refractivity contribution >= 4 is 0 Å². The molecule has 1 aromatic heterocycles. The van der Waals surface area contributed by atoms with Crippen molar-refractivity contribution in [2.24, 2.45) is 23.6 Å². The van der Waals surface area contributed by atoms with Crippen LogP contribution in [-0.2, 0) is 0 Å². The van der Waals surface area contributed by atoms with Crippen LogP contribution in [0.25, 0.3) is 0 Å². The molecule has 1 fully saturated rings. The molecule has 2 rings (SSSR count). The first kappa shape index (κ1) is 14.3. The lowest BCUT2D eigenvalue weighted by atomic mass is 9.72. The van der Waals surface area contributed by atoms with Crippen molar-refractivity contribution in [1.82, 2.24) is 10.4 Å². The SMILES string of the molecule is COc1cnccc1C(NN)C1CCC(C)C(C)C1. The molecule has 1 saturated carbocycles. The predicted molar refractivity (Wildman–Crippen MR) is 76.5 cm³/mol. The monoisotopic (exact) mass is 263 g/mol. The molecule has 4 atom stereocenters. The zero-order valence-corrected chi connectivity index (χ0v) is 12.1. The first-order valence-electron chi connectivity index (χ1n) is 7.11. The van der Waals surface area contributed by atoms with Crippen molar-refractivity contribution in [1.29, 1.82) is 0 Å². The van der Waals surface area contributed by atoms with E-state index in [0.29, 0.717) is 5.92 Å². The molecule has 4 heteroatoms. The van der Waals surface area contributed by atoms with Crippen LogP contribution >= 0.6 is 0 Å². The van der Waals surface area contributed by atoms with Crippen LogP contribution in [0.1, 0.15) is 44.7 Å². The van der Waals surface area contributed by atoms with Crippen LogP contribution in [0.3, 0.4) is 0 Å². The second kappa shape index (κ2) is 6.35. The molecule has 0 spiro atoms. The van der Waals surface area contributed by atoms with Gasteiger partial charge in [-0.3, -0.25) is 16.3 Å². The van der Waals surface area contributed by atoms with Gasteiger partial charge in [0.25, 0.3) is 0 Å². The Labute approximate surface area is 115 Å². The van der Waals surface area contributed by atoms with Crippen molar-refractivity contribution in [3.05, 3.63) is 24.0 Å². The fraction of sp³-hybridized carbons (Fsp3) is 0.667. The van der Waals surface area contributed by atoms with E-state index in [2.05, 4.69) is 24.3 Å². The topological polar surface area (TPSA) is 60.2 Å². The predicted octanol–water partition coefficient (Wildman–Crippen LogP) is 2.67. The number of nitrogens with one attached hydrogen (secondary N) is 1. The molecular weight excluding hydrogens is 238 g/mol. The Bertz CT molecular complexity index is 410. The summed E-state index contributed by atoms with van der Waals surface area (Å²) in [6, 6.07) is 2.15. The highest BCUT2D eigenvalue weighted by Gasteiger charge is 2.31. The van der Waals surface area contributed by atoms with Crippen LogP contribution < -0.4 is 16.0 Å². The van der Waals surface area contributed by atoms with E-state index in [-0.39, 0.29) is 6.04 Å². The molecule has 0 amide bonds. The third-order valence-electron chi connectivity index (χ3n) is 4.66. The van der Waals surface area contributed by atoms with Crippen LogP contribution in [0.2, 0.25) is 0 Å². The second-order valence-corrected chi connectivity index (χ2v) is 5.79. The standard InChI is InChI=1S/C15H25N3O/c1-10-4-5-12(8-11(10)2)15(18-16)13-6-7-17-9-14(13)19-3/h6-7,9-12,15,18H,4-5,8,16H2,1-3H3. The van der Waals surface area contributed by atoms with Gasteiger partial charge in [0.2, 0.25) is 0 Å². The van der Waals surface area contributed by atoms with Gasteiger partial charge in [-0.1, -0.05) is 20.3 Å². The van der Waals surface area contributed by atoms with E-state index >= 15 is 0 Å². The molecule has 0 aliphatic heterocycles. The Kier molecular flexibility index (Phi) is 4.77. The normalized spacial score (nSPS) is 28.9. The maximum absolute atomic E-state index is 5.81. The number of pyridine rings is 1. The highest BCUT2D eigenvalue weighted by atomic mass is 16.5. The van der Waals surface area contributed by atoms with Gasteiger partial charge in [-0.15, -0.1) is 0 Å². The molecule has 0 radical (unpaired) electrons. The van der Waals surface area contributed by atoms with Crippen molar-refractivity contribution in [3.63, 3.8) is 0 Å². The molecule has 4 unspecified atom stereocenters. The van der Waals surface area contributed by atoms with Gasteiger partial charge < -0.3 is 4.74 Å². The summed E-state index contributed by atoms with van der Waals surface area (Å²) in [6.07, 6.45) is 7.26. The van der Waals surface area contributed by atoms with E-state index in [1.165, 1.54) is 19.3 Å². The Hall–Kier alpha value is -1.13. The van der Waals surface area contributed by atoms with E-state index in [1.54, 1.807) is 19.5 Å². The van der Waals surface area contributed by atoms with Crippen molar-refractivity contribution in [2.45, 2.75) is 39.2 Å². The number of aromatic nitrogens is 1. The fourth-order valence-electron chi connectivity index (χ4n) is 3.19. The summed E-state index contributed by atoms with van der Waals surface area (Å²) in [5, 5.41) is 0. The Morgan fingerprint density at radius 2 is 2.16 bits per heavy atom. The number of hydrazine groups is 1. The highest BCUT2D eigenvalue weighted by Crippen LogP contribution is 2.41. The largest absolute Gasteiger partial charge is 0.495 e. The maximum atomic E-state index is 5.81. The van der Waals surface area contributed by atoms with E-state index in [1.807, 2.05) is 6.07 Å². The van der Waals surface area contributed by atoms with Crippen molar-refractivity contribution in [3.8, 4) is 5.75 Å². The van der Waals surface area contributed by atoms with Crippen molar-refractivity contribution in [2.75, 3.05) is 7.11 Å². The van der Waals surface area contributed by atoms with Crippen LogP contribution in [0.15, 0.2) is 18.5 Å². The molecule has 0 saturated heterocycles. The number of nitrogens with two attached hydrogens (primary N) is 1. The number of ether oxygens (including phenoxy) is 1. The number of hydrogen-bond acceptors (Lipinski definition) is 4. The molecule has 0 bridgehead atoms. The summed E-state index contributed by atoms with van der Waals surface area (Å²) in [5.41, 5.74) is 4.11. The number of rotatable bonds is 4. The van der Waals surface area contributed by atoms with Crippen LogP contribution in [-0.4, -0.2) is 12.1 Å². The van der Waals surface area contributed by atoms with E-state index < -0.39 is 0 Å². The van der Waals surface area contributed by atoms with Gasteiger partial charge in [0.05, 0.1) is 19.3 Å². The minimum Gasteiger partial charge on any atom is -0.495 e. The summed E-state index contributed by atoms with van der Waals surface area (Å²) in [4.78, 5) is 4.11. The molecule has 1 heterocycles. The number of nitrogens with zero attached hydrogens (tertiary/aromatic N) is 1. The third-order valence-corrected chi connectivity index (χ3v) is 4.66. The molecular formula is C15H25N3O. The number of hydrogen-bond donors (Lipinski definition) is 2. The highest BCUT2D eigenvalue weighted by molar-refractivity contribution is 5.33. The fourth-order valence-corrected chi connectivity index (χ4v) is 3.19. The molecule has 1 aliphatic rings. The molecule has 1 aromatic rings. The first-order valence-corrected chi connectivity index (χ1v) is 7.11. The summed E-state index contributed by atoms with van der Waals surface area (Å²) < 4.78 is 5.41. The summed E-state index contributed by atoms with van der Waals surface area (Å²) in [7, 11) is 1.68. The molecule has 3 N–H and O–H groups in total. The van der Waals surface area contributed by atoms with Crippen LogP contribution in [0.4, 0.5) is 0 Å². The van der Waals surface area contributed by atoms with Gasteiger partial charge in [-0.05, 0) is 36.7 Å². The average Bonchev–Trinajstić information content (AvgIpc) is 2.44. The lowest BCUT2D eigenvalue weighted by Crippen LogP contribution is -2.37. The summed E-state index contributed by atoms with van der Waals surface area (Å²) in [5.74, 6) is 8.76. The summed E-state index contributed by atoms with van der Waals surface area (Å²) >= 11 is 0. The Morgan fingerprint density at radius 3 is 2.79 bits per heavy atom. The minimum atomic E-state index is 0.146. The van der Waals surface area contributed by atoms with Gasteiger partial charge in [-0.25, -0.2) is 0 Å². The van der Waals surface area contributed by atoms with E-state index in [9.17, 15) is 0 Å². The average molecular weight is 263 g/mol. The quantitative estimate of drug-likeness (QED) is 0.647. The van der Waals surface area contributed by atoms with Gasteiger partial charge >= 0.3 is 0 Å². The maximum Gasteiger partial charge on any atom is 0.141 e. The Balaban J connectivity index is 2.20. The zero-order valence-electron chi connectivity index (χ0n) is 12.1. The molecule has 4 nitrogen and oxygen atoms in total. The van der Waals surface area contributed by atoms with Gasteiger partial charge in [-0.2, -0.15) is 0 Å². The minimum absolute atomic E-state index is 0.146. The van der Waals surface area contributed by atoms with E-state index in [4.69, 9.17) is 10.6 Å². The Morgan fingerprint density at radius 1 is 1.37 bits per heavy atom. The van der Waals surface area contributed by atoms with Gasteiger partial charge in [0.1, 0.15) is 5.75 Å².